The van der Waals surface area contributed by atoms with Crippen molar-refractivity contribution in [3.8, 4) is 0 Å². The molecule has 1 amide bonds. The van der Waals surface area contributed by atoms with Gasteiger partial charge in [-0.25, -0.2) is 9.97 Å². The summed E-state index contributed by atoms with van der Waals surface area (Å²) in [4.78, 5) is 24.4. The second-order valence-corrected chi connectivity index (χ2v) is 6.83. The lowest BCUT2D eigenvalue weighted by molar-refractivity contribution is -0.129. The minimum Gasteiger partial charge on any atom is -0.367 e. The van der Waals surface area contributed by atoms with Crippen LogP contribution < -0.4 is 10.2 Å². The number of hydrogen-bond donors (Lipinski definition) is 1. The summed E-state index contributed by atoms with van der Waals surface area (Å²) in [5.74, 6) is 2.56. The van der Waals surface area contributed by atoms with Gasteiger partial charge in [0, 0.05) is 32.2 Å². The van der Waals surface area contributed by atoms with E-state index < -0.39 is 0 Å². The fraction of sp³-hybridized carbons (Fsp3) is 0.706. The summed E-state index contributed by atoms with van der Waals surface area (Å²) in [5, 5.41) is 3.54. The van der Waals surface area contributed by atoms with Gasteiger partial charge in [0.1, 0.15) is 18.0 Å². The maximum absolute atomic E-state index is 11.9. The Morgan fingerprint density at radius 3 is 2.74 bits per heavy atom. The monoisotopic (exact) mass is 317 g/mol. The van der Waals surface area contributed by atoms with E-state index in [-0.39, 0.29) is 5.91 Å². The molecular formula is C17H27N5O. The van der Waals surface area contributed by atoms with Crippen LogP contribution in [0, 0.1) is 5.92 Å². The zero-order valence-electron chi connectivity index (χ0n) is 14.2. The van der Waals surface area contributed by atoms with Crippen LogP contribution in [0.3, 0.4) is 0 Å². The van der Waals surface area contributed by atoms with Crippen LogP contribution >= 0.6 is 0 Å². The number of carbonyl (C=O) groups excluding carboxylic acids is 1. The standard InChI is InChI=1S/C17H27N5O/c1-13(14-6-4-3-5-7-14)20-15-10-16(19-12-18-15)22-9-8-21(2)17(23)11-22/h10,12-14H,3-9,11H2,1-2H3,(H,18,19,20). The Morgan fingerprint density at radius 1 is 1.22 bits per heavy atom. The molecule has 1 aromatic rings. The predicted molar refractivity (Wildman–Crippen MR) is 91.5 cm³/mol. The van der Waals surface area contributed by atoms with E-state index in [1.54, 1.807) is 11.2 Å². The third-order valence-electron chi connectivity index (χ3n) is 5.17. The highest BCUT2D eigenvalue weighted by Gasteiger charge is 2.23. The third kappa shape index (κ3) is 3.92. The zero-order valence-corrected chi connectivity index (χ0v) is 14.2. The van der Waals surface area contributed by atoms with Gasteiger partial charge in [0.25, 0.3) is 0 Å². The van der Waals surface area contributed by atoms with Crippen LogP contribution in [0.4, 0.5) is 11.6 Å². The van der Waals surface area contributed by atoms with Crippen molar-refractivity contribution in [3.05, 3.63) is 12.4 Å². The second-order valence-electron chi connectivity index (χ2n) is 6.83. The molecule has 1 N–H and O–H groups in total. The van der Waals surface area contributed by atoms with Gasteiger partial charge in [0.15, 0.2) is 0 Å². The minimum atomic E-state index is 0.139. The normalized spacial score (nSPS) is 21.4. The Hall–Kier alpha value is -1.85. The smallest absolute Gasteiger partial charge is 0.241 e. The average molecular weight is 317 g/mol. The molecule has 2 aliphatic rings. The van der Waals surface area contributed by atoms with Crippen molar-refractivity contribution < 1.29 is 4.79 Å². The molecule has 1 atom stereocenters. The van der Waals surface area contributed by atoms with Gasteiger partial charge in [-0.2, -0.15) is 0 Å². The molecule has 1 saturated heterocycles. The lowest BCUT2D eigenvalue weighted by Gasteiger charge is -2.33. The van der Waals surface area contributed by atoms with Gasteiger partial charge in [0.05, 0.1) is 6.54 Å². The highest BCUT2D eigenvalue weighted by molar-refractivity contribution is 5.82. The lowest BCUT2D eigenvalue weighted by atomic mass is 9.84. The molecule has 1 aliphatic carbocycles. The van der Waals surface area contributed by atoms with Crippen LogP contribution in [0.2, 0.25) is 0 Å². The highest BCUT2D eigenvalue weighted by atomic mass is 16.2. The summed E-state index contributed by atoms with van der Waals surface area (Å²) in [5.41, 5.74) is 0. The molecule has 0 aromatic carbocycles. The van der Waals surface area contributed by atoms with Gasteiger partial charge < -0.3 is 15.1 Å². The molecule has 1 saturated carbocycles. The third-order valence-corrected chi connectivity index (χ3v) is 5.17. The molecule has 23 heavy (non-hydrogen) atoms. The lowest BCUT2D eigenvalue weighted by Crippen LogP contribution is -2.48. The minimum absolute atomic E-state index is 0.139. The Labute approximate surface area is 138 Å². The van der Waals surface area contributed by atoms with E-state index in [0.29, 0.717) is 12.6 Å². The van der Waals surface area contributed by atoms with Crippen LogP contribution in [0.5, 0.6) is 0 Å². The van der Waals surface area contributed by atoms with Gasteiger partial charge in [-0.15, -0.1) is 0 Å². The topological polar surface area (TPSA) is 61.4 Å². The number of anilines is 2. The number of piperazine rings is 1. The quantitative estimate of drug-likeness (QED) is 0.922. The van der Waals surface area contributed by atoms with Crippen LogP contribution in [0.25, 0.3) is 0 Å². The summed E-state index contributed by atoms with van der Waals surface area (Å²) in [6.07, 6.45) is 8.26. The molecule has 2 heterocycles. The van der Waals surface area contributed by atoms with E-state index in [0.717, 1.165) is 30.6 Å². The van der Waals surface area contributed by atoms with Crippen molar-refractivity contribution in [2.45, 2.75) is 45.1 Å². The second kappa shape index (κ2) is 7.15. The average Bonchev–Trinajstić information content (AvgIpc) is 2.58. The maximum Gasteiger partial charge on any atom is 0.241 e. The number of nitrogens with one attached hydrogen (secondary N) is 1. The van der Waals surface area contributed by atoms with E-state index in [2.05, 4.69) is 22.2 Å². The van der Waals surface area contributed by atoms with E-state index >= 15 is 0 Å². The van der Waals surface area contributed by atoms with Crippen LogP contribution in [0.15, 0.2) is 12.4 Å². The molecule has 0 bridgehead atoms. The van der Waals surface area contributed by atoms with Crippen molar-refractivity contribution in [2.75, 3.05) is 36.9 Å². The molecule has 1 aliphatic heterocycles. The molecule has 2 fully saturated rings. The summed E-state index contributed by atoms with van der Waals surface area (Å²) in [6.45, 7) is 4.20. The first kappa shape index (κ1) is 16.0. The Morgan fingerprint density at radius 2 is 2.00 bits per heavy atom. The van der Waals surface area contributed by atoms with E-state index in [1.165, 1.54) is 32.1 Å². The summed E-state index contributed by atoms with van der Waals surface area (Å²) in [6, 6.07) is 2.39. The Kier molecular flexibility index (Phi) is 4.98. The molecule has 1 unspecified atom stereocenters. The van der Waals surface area contributed by atoms with Crippen LogP contribution in [0.1, 0.15) is 39.0 Å². The number of likely N-dealkylation sites (N-methyl/N-ethyl adjacent to an activating group) is 1. The van der Waals surface area contributed by atoms with E-state index in [9.17, 15) is 4.79 Å². The molecular weight excluding hydrogens is 290 g/mol. The van der Waals surface area contributed by atoms with Crippen molar-refractivity contribution in [2.24, 2.45) is 5.92 Å². The molecule has 3 rings (SSSR count). The van der Waals surface area contributed by atoms with Gasteiger partial charge in [0.2, 0.25) is 5.91 Å². The van der Waals surface area contributed by atoms with Crippen molar-refractivity contribution >= 4 is 17.5 Å². The Bertz CT molecular complexity index is 544. The molecule has 126 valence electrons. The molecule has 0 radical (unpaired) electrons. The molecule has 0 spiro atoms. The van der Waals surface area contributed by atoms with Crippen molar-refractivity contribution in [1.29, 1.82) is 0 Å². The first-order chi connectivity index (χ1) is 11.1. The maximum atomic E-state index is 11.9. The van der Waals surface area contributed by atoms with E-state index in [1.807, 2.05) is 18.0 Å². The van der Waals surface area contributed by atoms with Crippen molar-refractivity contribution in [3.63, 3.8) is 0 Å². The number of amides is 1. The molecule has 6 heteroatoms. The van der Waals surface area contributed by atoms with E-state index in [4.69, 9.17) is 0 Å². The highest BCUT2D eigenvalue weighted by Crippen LogP contribution is 2.28. The summed E-state index contributed by atoms with van der Waals surface area (Å²) < 4.78 is 0. The SMILES string of the molecule is CC(Nc1cc(N2CCN(C)C(=O)C2)ncn1)C1CCCCC1. The van der Waals surface area contributed by atoms with Crippen molar-refractivity contribution in [1.82, 2.24) is 14.9 Å². The van der Waals surface area contributed by atoms with Crippen LogP contribution in [-0.2, 0) is 4.79 Å². The van der Waals surface area contributed by atoms with Gasteiger partial charge in [-0.05, 0) is 25.7 Å². The predicted octanol–water partition coefficient (Wildman–Crippen LogP) is 2.14. The van der Waals surface area contributed by atoms with Gasteiger partial charge >= 0.3 is 0 Å². The Balaban J connectivity index is 1.64. The first-order valence-electron chi connectivity index (χ1n) is 8.71. The number of nitrogens with zero attached hydrogens (tertiary/aromatic N) is 4. The molecule has 6 nitrogen and oxygen atoms in total. The van der Waals surface area contributed by atoms with Gasteiger partial charge in [-0.1, -0.05) is 19.3 Å². The van der Waals surface area contributed by atoms with Crippen LogP contribution in [-0.4, -0.2) is 53.5 Å². The largest absolute Gasteiger partial charge is 0.367 e. The first-order valence-corrected chi connectivity index (χ1v) is 8.71. The zero-order chi connectivity index (χ0) is 16.2. The van der Waals surface area contributed by atoms with Gasteiger partial charge in [-0.3, -0.25) is 4.79 Å². The fourth-order valence-electron chi connectivity index (χ4n) is 3.54. The summed E-state index contributed by atoms with van der Waals surface area (Å²) >= 11 is 0. The number of aromatic nitrogens is 2. The fourth-order valence-corrected chi connectivity index (χ4v) is 3.54. The summed E-state index contributed by atoms with van der Waals surface area (Å²) in [7, 11) is 1.85. The number of rotatable bonds is 4. The number of carbonyl (C=O) groups is 1. The molecule has 1 aromatic heterocycles. The number of hydrogen-bond acceptors (Lipinski definition) is 5.